The van der Waals surface area contributed by atoms with E-state index in [1.54, 1.807) is 22.9 Å². The summed E-state index contributed by atoms with van der Waals surface area (Å²) in [6, 6.07) is 4.91. The number of aromatic nitrogens is 2. The smallest absolute Gasteiger partial charge is 0.283 e. The number of aliphatic imine (C=N–C) groups is 1. The second-order valence-corrected chi connectivity index (χ2v) is 7.14. The van der Waals surface area contributed by atoms with Crippen molar-refractivity contribution in [3.63, 3.8) is 0 Å². The zero-order valence-electron chi connectivity index (χ0n) is 13.1. The molecule has 4 N–H and O–H groups in total. The van der Waals surface area contributed by atoms with Crippen LogP contribution in [-0.4, -0.2) is 30.1 Å². The van der Waals surface area contributed by atoms with Crippen molar-refractivity contribution in [2.45, 2.75) is 24.5 Å². The van der Waals surface area contributed by atoms with E-state index in [2.05, 4.69) is 10.1 Å². The molecule has 0 unspecified atom stereocenters. The van der Waals surface area contributed by atoms with E-state index >= 15 is 0 Å². The lowest BCUT2D eigenvalue weighted by Gasteiger charge is -2.11. The van der Waals surface area contributed by atoms with Crippen LogP contribution in [-0.2, 0) is 16.5 Å². The summed E-state index contributed by atoms with van der Waals surface area (Å²) in [6.45, 7) is 0. The van der Waals surface area contributed by atoms with Gasteiger partial charge in [-0.3, -0.25) is 4.79 Å². The molecule has 0 aliphatic heterocycles. The van der Waals surface area contributed by atoms with Crippen LogP contribution in [0.15, 0.2) is 29.4 Å². The number of guanidine groups is 1. The third-order valence-electron chi connectivity index (χ3n) is 3.78. The normalized spacial score (nSPS) is 13.8. The van der Waals surface area contributed by atoms with Crippen molar-refractivity contribution in [3.8, 4) is 5.69 Å². The number of halogens is 1. The van der Waals surface area contributed by atoms with E-state index in [1.807, 2.05) is 0 Å². The molecule has 1 aliphatic rings. The van der Waals surface area contributed by atoms with E-state index in [-0.39, 0.29) is 17.6 Å². The van der Waals surface area contributed by atoms with Crippen LogP contribution in [0.3, 0.4) is 0 Å². The number of carbonyl (C=O) groups excluding carboxylic acids is 1. The van der Waals surface area contributed by atoms with Crippen LogP contribution in [0.4, 0.5) is 0 Å². The van der Waals surface area contributed by atoms with Gasteiger partial charge in [-0.25, -0.2) is 13.1 Å². The fourth-order valence-electron chi connectivity index (χ4n) is 2.61. The summed E-state index contributed by atoms with van der Waals surface area (Å²) in [5.74, 6) is -0.826. The molecule has 1 fully saturated rings. The second-order valence-electron chi connectivity index (χ2n) is 5.75. The molecule has 2 aromatic rings. The number of hydrogen-bond acceptors (Lipinski definition) is 4. The number of carbonyl (C=O) groups is 1. The summed E-state index contributed by atoms with van der Waals surface area (Å²) >= 11 is 6.27. The van der Waals surface area contributed by atoms with Gasteiger partial charge in [0.25, 0.3) is 5.91 Å². The summed E-state index contributed by atoms with van der Waals surface area (Å²) in [5.41, 5.74) is 12.7. The van der Waals surface area contributed by atoms with Crippen molar-refractivity contribution >= 4 is 34.2 Å². The zero-order valence-corrected chi connectivity index (χ0v) is 14.7. The Hall–Kier alpha value is -2.39. The molecule has 0 atom stereocenters. The molecule has 1 heterocycles. The molecule has 8 nitrogen and oxygen atoms in total. The van der Waals surface area contributed by atoms with Gasteiger partial charge in [0.05, 0.1) is 33.9 Å². The SMILES string of the molecule is NC(N)=NC(=O)c1cnn(-c2cc(C[SH](=O)=O)ccc2Cl)c1C1CC1. The molecular formula is C15H16ClN5O3S. The fraction of sp³-hybridized carbons (Fsp3) is 0.267. The van der Waals surface area contributed by atoms with Crippen molar-refractivity contribution in [1.29, 1.82) is 0 Å². The van der Waals surface area contributed by atoms with Gasteiger partial charge in [0.1, 0.15) is 10.7 Å². The van der Waals surface area contributed by atoms with Crippen LogP contribution in [0.25, 0.3) is 5.69 Å². The molecule has 0 bridgehead atoms. The first-order chi connectivity index (χ1) is 11.9. The molecule has 132 valence electrons. The molecule has 25 heavy (non-hydrogen) atoms. The van der Waals surface area contributed by atoms with E-state index in [4.69, 9.17) is 23.1 Å². The molecule has 0 radical (unpaired) electrons. The molecule has 1 aromatic carbocycles. The standard InChI is InChI=1S/C15H16ClN5O3S/c16-11-4-1-8(7-25(23)24)5-12(11)21-13(9-2-3-9)10(6-19-21)14(22)20-15(17)18/h1,4-6,9,25H,2-3,7H2,(H4,17,18,20,22). The molecule has 0 saturated heterocycles. The Labute approximate surface area is 150 Å². The predicted molar refractivity (Wildman–Crippen MR) is 94.7 cm³/mol. The van der Waals surface area contributed by atoms with Crippen LogP contribution in [0.5, 0.6) is 0 Å². The topological polar surface area (TPSA) is 133 Å². The number of thiol groups is 1. The first kappa shape index (κ1) is 17.4. The quantitative estimate of drug-likeness (QED) is 0.400. The van der Waals surface area contributed by atoms with Crippen LogP contribution in [0.2, 0.25) is 5.02 Å². The van der Waals surface area contributed by atoms with Gasteiger partial charge in [-0.2, -0.15) is 10.1 Å². The van der Waals surface area contributed by atoms with Gasteiger partial charge in [-0.05, 0) is 30.5 Å². The maximum absolute atomic E-state index is 12.2. The highest BCUT2D eigenvalue weighted by molar-refractivity contribution is 7.71. The molecule has 1 saturated carbocycles. The molecule has 1 aliphatic carbocycles. The molecule has 1 aromatic heterocycles. The van der Waals surface area contributed by atoms with Gasteiger partial charge >= 0.3 is 0 Å². The Kier molecular flexibility index (Phi) is 4.78. The summed E-state index contributed by atoms with van der Waals surface area (Å²) in [5, 5.41) is 4.67. The van der Waals surface area contributed by atoms with E-state index < -0.39 is 16.6 Å². The Morgan fingerprint density at radius 1 is 1.36 bits per heavy atom. The van der Waals surface area contributed by atoms with Crippen LogP contribution in [0, 0.1) is 0 Å². The van der Waals surface area contributed by atoms with Crippen molar-refractivity contribution in [1.82, 2.24) is 9.78 Å². The van der Waals surface area contributed by atoms with Gasteiger partial charge in [-0.1, -0.05) is 17.7 Å². The molecular weight excluding hydrogens is 366 g/mol. The van der Waals surface area contributed by atoms with Crippen molar-refractivity contribution in [2.24, 2.45) is 16.5 Å². The lowest BCUT2D eigenvalue weighted by Crippen LogP contribution is -2.24. The minimum absolute atomic E-state index is 0.0979. The minimum Gasteiger partial charge on any atom is -0.370 e. The first-order valence-corrected chi connectivity index (χ1v) is 9.23. The number of benzene rings is 1. The van der Waals surface area contributed by atoms with Crippen molar-refractivity contribution < 1.29 is 13.2 Å². The number of nitrogens with zero attached hydrogens (tertiary/aromatic N) is 3. The zero-order chi connectivity index (χ0) is 18.1. The molecule has 10 heteroatoms. The maximum Gasteiger partial charge on any atom is 0.283 e. The number of rotatable bonds is 5. The van der Waals surface area contributed by atoms with Crippen LogP contribution < -0.4 is 11.5 Å². The fourth-order valence-corrected chi connectivity index (χ4v) is 3.30. The lowest BCUT2D eigenvalue weighted by molar-refractivity contribution is 0.100. The van der Waals surface area contributed by atoms with Gasteiger partial charge in [-0.15, -0.1) is 0 Å². The minimum atomic E-state index is -2.56. The van der Waals surface area contributed by atoms with E-state index in [9.17, 15) is 13.2 Å². The average Bonchev–Trinajstić information content (AvgIpc) is 3.26. The van der Waals surface area contributed by atoms with Gasteiger partial charge in [0, 0.05) is 5.92 Å². The third kappa shape index (κ3) is 3.83. The van der Waals surface area contributed by atoms with Crippen LogP contribution >= 0.6 is 11.6 Å². The van der Waals surface area contributed by atoms with Gasteiger partial charge in [0.2, 0.25) is 0 Å². The summed E-state index contributed by atoms with van der Waals surface area (Å²) in [7, 11) is -2.56. The molecule has 0 spiro atoms. The number of nitrogens with two attached hydrogens (primary N) is 2. The first-order valence-electron chi connectivity index (χ1n) is 7.49. The Bertz CT molecular complexity index is 935. The second kappa shape index (κ2) is 6.85. The van der Waals surface area contributed by atoms with E-state index in [1.165, 1.54) is 6.20 Å². The Morgan fingerprint density at radius 3 is 2.68 bits per heavy atom. The summed E-state index contributed by atoms with van der Waals surface area (Å²) in [4.78, 5) is 15.8. The predicted octanol–water partition coefficient (Wildman–Crippen LogP) is 0.928. The van der Waals surface area contributed by atoms with Gasteiger partial charge in [0.15, 0.2) is 5.96 Å². The molecule has 3 rings (SSSR count). The van der Waals surface area contributed by atoms with E-state index in [0.29, 0.717) is 27.5 Å². The average molecular weight is 382 g/mol. The van der Waals surface area contributed by atoms with E-state index in [0.717, 1.165) is 12.8 Å². The number of amides is 1. The molecule has 1 amide bonds. The monoisotopic (exact) mass is 381 g/mol. The third-order valence-corrected chi connectivity index (χ3v) is 4.72. The Balaban J connectivity index is 2.11. The number of hydrogen-bond donors (Lipinski definition) is 3. The Morgan fingerprint density at radius 2 is 2.08 bits per heavy atom. The van der Waals surface area contributed by atoms with Crippen LogP contribution in [0.1, 0.15) is 40.4 Å². The van der Waals surface area contributed by atoms with Crippen molar-refractivity contribution in [2.75, 3.05) is 0 Å². The summed E-state index contributed by atoms with van der Waals surface area (Å²) in [6.07, 6.45) is 3.23. The highest BCUT2D eigenvalue weighted by atomic mass is 35.5. The van der Waals surface area contributed by atoms with Gasteiger partial charge < -0.3 is 11.5 Å². The highest BCUT2D eigenvalue weighted by Crippen LogP contribution is 2.43. The summed E-state index contributed by atoms with van der Waals surface area (Å²) < 4.78 is 23.5. The maximum atomic E-state index is 12.2. The highest BCUT2D eigenvalue weighted by Gasteiger charge is 2.33. The lowest BCUT2D eigenvalue weighted by atomic mass is 10.1. The van der Waals surface area contributed by atoms with Crippen molar-refractivity contribution in [3.05, 3.63) is 46.2 Å². The largest absolute Gasteiger partial charge is 0.370 e.